The van der Waals surface area contributed by atoms with Gasteiger partial charge in [0.15, 0.2) is 0 Å². The minimum atomic E-state index is -3.57. The molecule has 0 amide bonds. The third-order valence-electron chi connectivity index (χ3n) is 3.36. The lowest BCUT2D eigenvalue weighted by Gasteiger charge is -2.29. The molecule has 0 aromatic heterocycles. The lowest BCUT2D eigenvalue weighted by atomic mass is 10.2. The second-order valence-electron chi connectivity index (χ2n) is 4.65. The molecule has 4 nitrogen and oxygen atoms in total. The number of ether oxygens (including phenoxy) is 1. The van der Waals surface area contributed by atoms with Crippen molar-refractivity contribution in [1.82, 2.24) is 4.31 Å². The highest BCUT2D eigenvalue weighted by Crippen LogP contribution is 2.28. The Labute approximate surface area is 140 Å². The molecule has 0 heterocycles. The lowest BCUT2D eigenvalue weighted by molar-refractivity contribution is 0.163. The van der Waals surface area contributed by atoms with E-state index in [1.54, 1.807) is 19.2 Å². The van der Waals surface area contributed by atoms with Crippen LogP contribution < -0.4 is 0 Å². The molecule has 0 bridgehead atoms. The van der Waals surface area contributed by atoms with Crippen molar-refractivity contribution in [3.63, 3.8) is 0 Å². The Hall–Kier alpha value is -0.140. The Morgan fingerprint density at radius 2 is 1.95 bits per heavy atom. The fraction of sp³-hybridized carbons (Fsp3) is 0.571. The zero-order valence-electron chi connectivity index (χ0n) is 12.5. The monoisotopic (exact) mass is 397 g/mol. The molecule has 0 fully saturated rings. The van der Waals surface area contributed by atoms with Crippen LogP contribution in [0.4, 0.5) is 0 Å². The highest BCUT2D eigenvalue weighted by Gasteiger charge is 2.29. The summed E-state index contributed by atoms with van der Waals surface area (Å²) in [6, 6.07) is 4.62. The van der Waals surface area contributed by atoms with Gasteiger partial charge in [-0.3, -0.25) is 0 Å². The summed E-state index contributed by atoms with van der Waals surface area (Å²) in [6.07, 6.45) is 1.52. The van der Waals surface area contributed by atoms with E-state index < -0.39 is 10.0 Å². The van der Waals surface area contributed by atoms with Crippen LogP contribution in [0.1, 0.15) is 26.7 Å². The summed E-state index contributed by atoms with van der Waals surface area (Å²) in [5.74, 6) is 0. The molecule has 0 spiro atoms. The number of nitrogens with zero attached hydrogens (tertiary/aromatic N) is 1. The Bertz CT molecular complexity index is 561. The van der Waals surface area contributed by atoms with E-state index in [9.17, 15) is 8.42 Å². The first kappa shape index (κ1) is 18.9. The summed E-state index contributed by atoms with van der Waals surface area (Å²) >= 11 is 9.21. The fourth-order valence-electron chi connectivity index (χ4n) is 2.15. The van der Waals surface area contributed by atoms with Gasteiger partial charge in [-0.15, -0.1) is 0 Å². The van der Waals surface area contributed by atoms with Crippen LogP contribution in [0.15, 0.2) is 27.6 Å². The van der Waals surface area contributed by atoms with Gasteiger partial charge in [-0.05, 0) is 47.0 Å². The van der Waals surface area contributed by atoms with Gasteiger partial charge in [0.05, 0.1) is 16.5 Å². The van der Waals surface area contributed by atoms with E-state index in [0.717, 1.165) is 12.8 Å². The van der Waals surface area contributed by atoms with Crippen LogP contribution in [0.3, 0.4) is 0 Å². The van der Waals surface area contributed by atoms with Crippen molar-refractivity contribution in [2.24, 2.45) is 0 Å². The van der Waals surface area contributed by atoms with E-state index in [2.05, 4.69) is 15.9 Å². The van der Waals surface area contributed by atoms with Crippen LogP contribution >= 0.6 is 27.5 Å². The number of sulfonamides is 1. The molecule has 7 heteroatoms. The average molecular weight is 399 g/mol. The van der Waals surface area contributed by atoms with Crippen LogP contribution in [0.5, 0.6) is 0 Å². The maximum atomic E-state index is 12.9. The Morgan fingerprint density at radius 3 is 2.43 bits per heavy atom. The quantitative estimate of drug-likeness (QED) is 0.666. The number of hydrogen-bond donors (Lipinski definition) is 0. The number of rotatable bonds is 8. The SMILES string of the molecule is CCC(CC)N(CCOC)S(=O)(=O)c1ccc(Cl)c(Br)c1. The summed E-state index contributed by atoms with van der Waals surface area (Å²) in [5, 5.41) is 0.486. The molecule has 0 saturated heterocycles. The van der Waals surface area contributed by atoms with Gasteiger partial charge >= 0.3 is 0 Å². The summed E-state index contributed by atoms with van der Waals surface area (Å²) in [5.41, 5.74) is 0. The van der Waals surface area contributed by atoms with Crippen LogP contribution in [-0.2, 0) is 14.8 Å². The molecular formula is C14H21BrClNO3S. The summed E-state index contributed by atoms with van der Waals surface area (Å²) in [6.45, 7) is 4.68. The van der Waals surface area contributed by atoms with Crippen molar-refractivity contribution >= 4 is 37.6 Å². The van der Waals surface area contributed by atoms with Crippen molar-refractivity contribution in [1.29, 1.82) is 0 Å². The van der Waals surface area contributed by atoms with E-state index in [4.69, 9.17) is 16.3 Å². The standard InChI is InChI=1S/C14H21BrClNO3S/c1-4-11(5-2)17(8-9-20-3)21(18,19)12-6-7-14(16)13(15)10-12/h6-7,10-11H,4-5,8-9H2,1-3H3. The highest BCUT2D eigenvalue weighted by molar-refractivity contribution is 9.10. The van der Waals surface area contributed by atoms with Crippen LogP contribution in [-0.4, -0.2) is 39.0 Å². The molecule has 0 saturated carbocycles. The van der Waals surface area contributed by atoms with Crippen LogP contribution in [0.2, 0.25) is 5.02 Å². The molecule has 0 aliphatic carbocycles. The molecule has 1 aromatic rings. The second kappa shape index (κ2) is 8.48. The molecule has 0 unspecified atom stereocenters. The molecule has 21 heavy (non-hydrogen) atoms. The predicted molar refractivity (Wildman–Crippen MR) is 89.3 cm³/mol. The fourth-order valence-corrected chi connectivity index (χ4v) is 4.58. The molecule has 0 radical (unpaired) electrons. The van der Waals surface area contributed by atoms with Crippen LogP contribution in [0, 0.1) is 0 Å². The highest BCUT2D eigenvalue weighted by atomic mass is 79.9. The molecular weight excluding hydrogens is 378 g/mol. The number of benzene rings is 1. The first-order valence-electron chi connectivity index (χ1n) is 6.84. The Balaban J connectivity index is 3.21. The summed E-state index contributed by atoms with van der Waals surface area (Å²) in [7, 11) is -2.01. The van der Waals surface area contributed by atoms with Gasteiger partial charge in [0.25, 0.3) is 0 Å². The van der Waals surface area contributed by atoms with Crippen molar-refractivity contribution < 1.29 is 13.2 Å². The van der Waals surface area contributed by atoms with Gasteiger partial charge in [0.1, 0.15) is 0 Å². The van der Waals surface area contributed by atoms with Gasteiger partial charge in [-0.1, -0.05) is 25.4 Å². The van der Waals surface area contributed by atoms with E-state index in [0.29, 0.717) is 22.6 Å². The normalized spacial score (nSPS) is 12.3. The Morgan fingerprint density at radius 1 is 1.33 bits per heavy atom. The molecule has 0 aliphatic rings. The first-order valence-corrected chi connectivity index (χ1v) is 9.45. The minimum absolute atomic E-state index is 0.0420. The van der Waals surface area contributed by atoms with E-state index in [1.807, 2.05) is 13.8 Å². The van der Waals surface area contributed by atoms with E-state index in [-0.39, 0.29) is 10.9 Å². The first-order chi connectivity index (χ1) is 9.88. The maximum Gasteiger partial charge on any atom is 0.243 e. The van der Waals surface area contributed by atoms with Crippen LogP contribution in [0.25, 0.3) is 0 Å². The maximum absolute atomic E-state index is 12.9. The van der Waals surface area contributed by atoms with Gasteiger partial charge in [0.2, 0.25) is 10.0 Å². The molecule has 1 rings (SSSR count). The van der Waals surface area contributed by atoms with Crippen molar-refractivity contribution in [3.8, 4) is 0 Å². The number of halogens is 2. The third-order valence-corrected chi connectivity index (χ3v) is 6.53. The Kier molecular flexibility index (Phi) is 7.64. The number of methoxy groups -OCH3 is 1. The van der Waals surface area contributed by atoms with Gasteiger partial charge in [-0.25, -0.2) is 8.42 Å². The van der Waals surface area contributed by atoms with Gasteiger partial charge in [0, 0.05) is 24.2 Å². The minimum Gasteiger partial charge on any atom is -0.383 e. The lowest BCUT2D eigenvalue weighted by Crippen LogP contribution is -2.41. The molecule has 1 aromatic carbocycles. The van der Waals surface area contributed by atoms with Crippen molar-refractivity contribution in [2.75, 3.05) is 20.3 Å². The van der Waals surface area contributed by atoms with Crippen molar-refractivity contribution in [3.05, 3.63) is 27.7 Å². The molecule has 0 N–H and O–H groups in total. The third kappa shape index (κ3) is 4.66. The predicted octanol–water partition coefficient (Wildman–Crippen LogP) is 3.93. The summed E-state index contributed by atoms with van der Waals surface area (Å²) < 4.78 is 32.9. The number of hydrogen-bond acceptors (Lipinski definition) is 3. The van der Waals surface area contributed by atoms with Gasteiger partial charge in [-0.2, -0.15) is 4.31 Å². The average Bonchev–Trinajstić information content (AvgIpc) is 2.46. The summed E-state index contributed by atoms with van der Waals surface area (Å²) in [4.78, 5) is 0.238. The molecule has 120 valence electrons. The zero-order chi connectivity index (χ0) is 16.0. The van der Waals surface area contributed by atoms with E-state index >= 15 is 0 Å². The second-order valence-corrected chi connectivity index (χ2v) is 7.81. The molecule has 0 atom stereocenters. The molecule has 0 aliphatic heterocycles. The smallest absolute Gasteiger partial charge is 0.243 e. The van der Waals surface area contributed by atoms with Gasteiger partial charge < -0.3 is 4.74 Å². The van der Waals surface area contributed by atoms with E-state index in [1.165, 1.54) is 10.4 Å². The zero-order valence-corrected chi connectivity index (χ0v) is 15.6. The van der Waals surface area contributed by atoms with Crippen molar-refractivity contribution in [2.45, 2.75) is 37.6 Å². The largest absolute Gasteiger partial charge is 0.383 e. The topological polar surface area (TPSA) is 46.6 Å².